The fraction of sp³-hybridized carbons (Fsp3) is 0.350. The molecule has 0 fully saturated rings. The number of hydrogen-bond donors (Lipinski definition) is 2. The lowest BCUT2D eigenvalue weighted by atomic mass is 10.2. The summed E-state index contributed by atoms with van der Waals surface area (Å²) < 4.78 is 31.8. The van der Waals surface area contributed by atoms with Gasteiger partial charge in [-0.25, -0.2) is 13.1 Å². The first-order valence-electron chi connectivity index (χ1n) is 9.09. The van der Waals surface area contributed by atoms with Crippen molar-refractivity contribution in [1.82, 2.24) is 14.9 Å². The lowest BCUT2D eigenvalue weighted by molar-refractivity contribution is 0.204. The van der Waals surface area contributed by atoms with E-state index in [1.807, 2.05) is 36.2 Å². The Morgan fingerprint density at radius 1 is 1.10 bits per heavy atom. The second-order valence-corrected chi connectivity index (χ2v) is 8.62. The van der Waals surface area contributed by atoms with Crippen LogP contribution >= 0.6 is 35.6 Å². The Morgan fingerprint density at radius 2 is 1.70 bits per heavy atom. The highest BCUT2D eigenvalue weighted by Crippen LogP contribution is 2.12. The molecule has 0 amide bonds. The molecular formula is C20H28ClIN4O3S. The summed E-state index contributed by atoms with van der Waals surface area (Å²) in [7, 11) is 1.67. The predicted molar refractivity (Wildman–Crippen MR) is 132 cm³/mol. The van der Waals surface area contributed by atoms with Crippen molar-refractivity contribution in [1.29, 1.82) is 0 Å². The summed E-state index contributed by atoms with van der Waals surface area (Å²) in [6.07, 6.45) is 0. The van der Waals surface area contributed by atoms with Crippen molar-refractivity contribution in [3.05, 3.63) is 64.7 Å². The molecule has 10 heteroatoms. The molecule has 0 atom stereocenters. The summed E-state index contributed by atoms with van der Waals surface area (Å²) in [5.41, 5.74) is 2.07. The number of guanidine groups is 1. The van der Waals surface area contributed by atoms with E-state index in [1.165, 1.54) is 7.11 Å². The number of benzene rings is 2. The Labute approximate surface area is 200 Å². The van der Waals surface area contributed by atoms with Crippen molar-refractivity contribution in [3.63, 3.8) is 0 Å². The Bertz CT molecular complexity index is 907. The third-order valence-electron chi connectivity index (χ3n) is 4.19. The first kappa shape index (κ1) is 26.6. The number of nitrogens with one attached hydrogen (secondary N) is 2. The molecule has 7 nitrogen and oxygen atoms in total. The Balaban J connectivity index is 0.00000450. The maximum Gasteiger partial charge on any atom is 0.240 e. The normalized spacial score (nSPS) is 11.7. The minimum atomic E-state index is -3.53. The quantitative estimate of drug-likeness (QED) is 0.211. The molecular weight excluding hydrogens is 539 g/mol. The lowest BCUT2D eigenvalue weighted by Crippen LogP contribution is -2.38. The van der Waals surface area contributed by atoms with Crippen LogP contribution in [0.4, 0.5) is 0 Å². The van der Waals surface area contributed by atoms with E-state index < -0.39 is 10.0 Å². The van der Waals surface area contributed by atoms with Crippen LogP contribution in [0.25, 0.3) is 0 Å². The molecule has 2 rings (SSSR count). The predicted octanol–water partition coefficient (Wildman–Crippen LogP) is 3.09. The highest BCUT2D eigenvalue weighted by atomic mass is 127. The monoisotopic (exact) mass is 566 g/mol. The zero-order valence-corrected chi connectivity index (χ0v) is 21.2. The van der Waals surface area contributed by atoms with Gasteiger partial charge >= 0.3 is 0 Å². The number of sulfonamides is 1. The molecule has 0 heterocycles. The van der Waals surface area contributed by atoms with E-state index in [0.717, 1.165) is 17.1 Å². The third kappa shape index (κ3) is 8.38. The van der Waals surface area contributed by atoms with Crippen LogP contribution in [0.3, 0.4) is 0 Å². The lowest BCUT2D eigenvalue weighted by Gasteiger charge is -2.22. The molecule has 2 N–H and O–H groups in total. The molecule has 0 saturated carbocycles. The van der Waals surface area contributed by atoms with E-state index in [2.05, 4.69) is 15.0 Å². The molecule has 0 bridgehead atoms. The van der Waals surface area contributed by atoms with Crippen molar-refractivity contribution in [2.75, 3.05) is 34.4 Å². The number of aliphatic imine (C=N–C) groups is 1. The molecule has 166 valence electrons. The summed E-state index contributed by atoms with van der Waals surface area (Å²) >= 11 is 5.93. The Hall–Kier alpha value is -1.40. The van der Waals surface area contributed by atoms with Crippen LogP contribution in [0.15, 0.2) is 58.4 Å². The fourth-order valence-electron chi connectivity index (χ4n) is 2.65. The molecule has 0 radical (unpaired) electrons. The van der Waals surface area contributed by atoms with Gasteiger partial charge in [-0.3, -0.25) is 4.99 Å². The van der Waals surface area contributed by atoms with E-state index >= 15 is 0 Å². The van der Waals surface area contributed by atoms with Crippen LogP contribution < -0.4 is 10.0 Å². The smallest absolute Gasteiger partial charge is 0.240 e. The van der Waals surface area contributed by atoms with E-state index in [4.69, 9.17) is 16.3 Å². The van der Waals surface area contributed by atoms with Crippen LogP contribution in [-0.2, 0) is 27.8 Å². The SMILES string of the molecule is CN=C(NCc1ccc(S(=O)(=O)NCCOC)cc1)N(C)Cc1ccc(Cl)cc1.I. The molecule has 0 saturated heterocycles. The summed E-state index contributed by atoms with van der Waals surface area (Å²) in [4.78, 5) is 6.53. The molecule has 0 aromatic heterocycles. The first-order valence-corrected chi connectivity index (χ1v) is 11.0. The highest BCUT2D eigenvalue weighted by molar-refractivity contribution is 14.0. The van der Waals surface area contributed by atoms with Crippen LogP contribution in [0.2, 0.25) is 5.02 Å². The molecule has 0 aliphatic heterocycles. The fourth-order valence-corrected chi connectivity index (χ4v) is 3.79. The van der Waals surface area contributed by atoms with E-state index in [9.17, 15) is 8.42 Å². The van der Waals surface area contributed by atoms with Gasteiger partial charge in [0.2, 0.25) is 10.0 Å². The molecule has 0 spiro atoms. The summed E-state index contributed by atoms with van der Waals surface area (Å²) in [5, 5.41) is 3.99. The number of methoxy groups -OCH3 is 1. The average molecular weight is 567 g/mol. The van der Waals surface area contributed by atoms with Gasteiger partial charge in [-0.15, -0.1) is 24.0 Å². The molecule has 2 aromatic rings. The number of ether oxygens (including phenoxy) is 1. The molecule has 0 unspecified atom stereocenters. The minimum absolute atomic E-state index is 0. The maximum atomic E-state index is 12.2. The standard InChI is InChI=1S/C20H27ClN4O3S.HI/c1-22-20(25(2)15-17-4-8-18(21)9-5-17)23-14-16-6-10-19(11-7-16)29(26,27)24-12-13-28-3;/h4-11,24H,12-15H2,1-3H3,(H,22,23);1H. The van der Waals surface area contributed by atoms with Crippen LogP contribution in [0.5, 0.6) is 0 Å². The van der Waals surface area contributed by atoms with Gasteiger partial charge in [0.25, 0.3) is 0 Å². The van der Waals surface area contributed by atoms with Gasteiger partial charge in [0.1, 0.15) is 0 Å². The number of halogens is 2. The second kappa shape index (κ2) is 13.1. The number of nitrogens with zero attached hydrogens (tertiary/aromatic N) is 2. The van der Waals surface area contributed by atoms with E-state index in [1.54, 1.807) is 31.3 Å². The number of rotatable bonds is 9. The van der Waals surface area contributed by atoms with Crippen molar-refractivity contribution in [3.8, 4) is 0 Å². The van der Waals surface area contributed by atoms with Gasteiger partial charge in [-0.1, -0.05) is 35.9 Å². The van der Waals surface area contributed by atoms with Gasteiger partial charge in [-0.2, -0.15) is 0 Å². The van der Waals surface area contributed by atoms with Gasteiger partial charge < -0.3 is 15.0 Å². The van der Waals surface area contributed by atoms with Gasteiger partial charge in [0.05, 0.1) is 11.5 Å². The van der Waals surface area contributed by atoms with Crippen LogP contribution in [-0.4, -0.2) is 53.6 Å². The average Bonchev–Trinajstić information content (AvgIpc) is 2.70. The Kier molecular flexibility index (Phi) is 11.6. The van der Waals surface area contributed by atoms with Gasteiger partial charge in [-0.05, 0) is 35.4 Å². The third-order valence-corrected chi connectivity index (χ3v) is 5.92. The van der Waals surface area contributed by atoms with Gasteiger partial charge in [0, 0.05) is 45.9 Å². The molecule has 0 aliphatic rings. The zero-order chi connectivity index (χ0) is 21.3. The summed E-state index contributed by atoms with van der Waals surface area (Å²) in [6, 6.07) is 14.4. The molecule has 30 heavy (non-hydrogen) atoms. The van der Waals surface area contributed by atoms with Crippen molar-refractivity contribution in [2.24, 2.45) is 4.99 Å². The van der Waals surface area contributed by atoms with Gasteiger partial charge in [0.15, 0.2) is 5.96 Å². The summed E-state index contributed by atoms with van der Waals surface area (Å²) in [6.45, 7) is 1.76. The first-order chi connectivity index (χ1) is 13.9. The summed E-state index contributed by atoms with van der Waals surface area (Å²) in [5.74, 6) is 0.734. The van der Waals surface area contributed by atoms with Crippen molar-refractivity contribution >= 4 is 51.6 Å². The largest absolute Gasteiger partial charge is 0.383 e. The van der Waals surface area contributed by atoms with Crippen LogP contribution in [0, 0.1) is 0 Å². The molecule has 2 aromatic carbocycles. The number of hydrogen-bond acceptors (Lipinski definition) is 4. The maximum absolute atomic E-state index is 12.2. The van der Waals surface area contributed by atoms with E-state index in [0.29, 0.717) is 24.7 Å². The second-order valence-electron chi connectivity index (χ2n) is 6.42. The van der Waals surface area contributed by atoms with E-state index in [-0.39, 0.29) is 35.4 Å². The van der Waals surface area contributed by atoms with Crippen LogP contribution in [0.1, 0.15) is 11.1 Å². The minimum Gasteiger partial charge on any atom is -0.383 e. The topological polar surface area (TPSA) is 83.0 Å². The Morgan fingerprint density at radius 3 is 2.27 bits per heavy atom. The highest BCUT2D eigenvalue weighted by Gasteiger charge is 2.13. The van der Waals surface area contributed by atoms with Crippen molar-refractivity contribution < 1.29 is 13.2 Å². The van der Waals surface area contributed by atoms with Crippen molar-refractivity contribution in [2.45, 2.75) is 18.0 Å². The zero-order valence-electron chi connectivity index (χ0n) is 17.3. The molecule has 0 aliphatic carbocycles.